The molecule has 0 aliphatic carbocycles. The molecule has 0 saturated heterocycles. The van der Waals surface area contributed by atoms with E-state index in [0.29, 0.717) is 11.1 Å². The third-order valence-corrected chi connectivity index (χ3v) is 4.96. The molecule has 168 valence electrons. The minimum atomic E-state index is -5.84. The van der Waals surface area contributed by atoms with Crippen LogP contribution in [0.2, 0.25) is 0 Å². The third-order valence-electron chi connectivity index (χ3n) is 3.98. The lowest BCUT2D eigenvalue weighted by molar-refractivity contribution is -0.150. The molecule has 1 aromatic rings. The van der Waals surface area contributed by atoms with Gasteiger partial charge in [-0.2, -0.15) is 21.6 Å². The van der Waals surface area contributed by atoms with Gasteiger partial charge in [-0.25, -0.2) is 9.59 Å². The lowest BCUT2D eigenvalue weighted by Crippen LogP contribution is -2.50. The lowest BCUT2D eigenvalue weighted by Gasteiger charge is -2.36. The molecule has 30 heavy (non-hydrogen) atoms. The molecule has 1 aliphatic heterocycles. The summed E-state index contributed by atoms with van der Waals surface area (Å²) in [4.78, 5) is 26.1. The second-order valence-corrected chi connectivity index (χ2v) is 9.03. The Kier molecular flexibility index (Phi) is 6.60. The van der Waals surface area contributed by atoms with Gasteiger partial charge in [-0.1, -0.05) is 6.07 Å². The van der Waals surface area contributed by atoms with Crippen molar-refractivity contribution in [3.05, 3.63) is 29.3 Å². The molecule has 0 N–H and O–H groups in total. The topological polar surface area (TPSA) is 99.2 Å². The highest BCUT2D eigenvalue weighted by Gasteiger charge is 2.48. The van der Waals surface area contributed by atoms with Crippen molar-refractivity contribution in [1.29, 1.82) is 0 Å². The van der Waals surface area contributed by atoms with Crippen LogP contribution >= 0.6 is 0 Å². The van der Waals surface area contributed by atoms with Crippen LogP contribution in [0, 0.1) is 0 Å². The second kappa shape index (κ2) is 8.32. The van der Waals surface area contributed by atoms with E-state index in [1.54, 1.807) is 27.7 Å². The molecule has 1 heterocycles. The van der Waals surface area contributed by atoms with Crippen molar-refractivity contribution in [1.82, 2.24) is 4.90 Å². The van der Waals surface area contributed by atoms with Gasteiger partial charge in [0.05, 0.1) is 13.2 Å². The average molecular weight is 453 g/mol. The van der Waals surface area contributed by atoms with E-state index < -0.39 is 45.1 Å². The Morgan fingerprint density at radius 1 is 1.17 bits per heavy atom. The Hall–Kier alpha value is -2.50. The number of alkyl halides is 3. The molecule has 1 aromatic carbocycles. The van der Waals surface area contributed by atoms with Crippen LogP contribution in [-0.2, 0) is 37.4 Å². The number of amides is 1. The van der Waals surface area contributed by atoms with Crippen LogP contribution in [0.15, 0.2) is 18.2 Å². The van der Waals surface area contributed by atoms with Crippen LogP contribution in [-0.4, -0.2) is 49.1 Å². The van der Waals surface area contributed by atoms with Crippen molar-refractivity contribution in [2.24, 2.45) is 0 Å². The number of carbonyl (C=O) groups excluding carboxylic acids is 2. The number of esters is 1. The molecule has 0 aromatic heterocycles. The van der Waals surface area contributed by atoms with Crippen LogP contribution in [0.3, 0.4) is 0 Å². The quantitative estimate of drug-likeness (QED) is 0.392. The van der Waals surface area contributed by atoms with Crippen LogP contribution in [0.4, 0.5) is 18.0 Å². The summed E-state index contributed by atoms with van der Waals surface area (Å²) < 4.78 is 74.6. The molecular weight excluding hydrogens is 431 g/mol. The Balaban J connectivity index is 2.37. The van der Waals surface area contributed by atoms with Crippen molar-refractivity contribution in [2.45, 2.75) is 57.8 Å². The molecule has 12 heteroatoms. The van der Waals surface area contributed by atoms with Crippen LogP contribution in [0.1, 0.15) is 38.8 Å². The molecule has 1 aliphatic rings. The van der Waals surface area contributed by atoms with E-state index in [0.717, 1.165) is 17.0 Å². The zero-order valence-corrected chi connectivity index (χ0v) is 17.6. The maximum atomic E-state index is 12.6. The number of rotatable bonds is 4. The van der Waals surface area contributed by atoms with Crippen molar-refractivity contribution in [3.8, 4) is 5.75 Å². The van der Waals surface area contributed by atoms with Gasteiger partial charge in [0, 0.05) is 6.42 Å². The second-order valence-electron chi connectivity index (χ2n) is 7.49. The monoisotopic (exact) mass is 453 g/mol. The fourth-order valence-corrected chi connectivity index (χ4v) is 3.20. The van der Waals surface area contributed by atoms with Crippen LogP contribution < -0.4 is 4.18 Å². The van der Waals surface area contributed by atoms with Crippen molar-refractivity contribution in [3.63, 3.8) is 0 Å². The fourth-order valence-electron chi connectivity index (χ4n) is 2.75. The zero-order valence-electron chi connectivity index (χ0n) is 16.8. The SMILES string of the molecule is CCOC(=O)[C@@H]1Cc2ccc(OS(=O)(=O)C(F)(F)F)cc2CN1C(=O)OC(C)(C)C. The van der Waals surface area contributed by atoms with E-state index in [4.69, 9.17) is 9.47 Å². The van der Waals surface area contributed by atoms with Gasteiger partial charge < -0.3 is 13.7 Å². The Morgan fingerprint density at radius 2 is 1.80 bits per heavy atom. The number of carbonyl (C=O) groups is 2. The van der Waals surface area contributed by atoms with Gasteiger partial charge in [0.15, 0.2) is 0 Å². The van der Waals surface area contributed by atoms with Gasteiger partial charge in [-0.15, -0.1) is 0 Å². The van der Waals surface area contributed by atoms with Gasteiger partial charge in [0.1, 0.15) is 17.4 Å². The van der Waals surface area contributed by atoms with Gasteiger partial charge in [-0.05, 0) is 51.0 Å². The molecule has 8 nitrogen and oxygen atoms in total. The summed E-state index contributed by atoms with van der Waals surface area (Å²) in [5, 5.41) is 0. The predicted octanol–water partition coefficient (Wildman–Crippen LogP) is 3.14. The zero-order chi connectivity index (χ0) is 22.9. The fraction of sp³-hybridized carbons (Fsp3) is 0.556. The maximum absolute atomic E-state index is 12.6. The van der Waals surface area contributed by atoms with Gasteiger partial charge in [0.2, 0.25) is 0 Å². The summed E-state index contributed by atoms with van der Waals surface area (Å²) >= 11 is 0. The maximum Gasteiger partial charge on any atom is 0.534 e. The standard InChI is InChI=1S/C18H22F3NO7S/c1-5-27-15(23)14-9-11-6-7-13(29-30(25,26)18(19,20)21)8-12(11)10-22(14)16(24)28-17(2,3)4/h6-8,14H,5,9-10H2,1-4H3/t14-/m0/s1. The highest BCUT2D eigenvalue weighted by Crippen LogP contribution is 2.32. The summed E-state index contributed by atoms with van der Waals surface area (Å²) in [6.07, 6.45) is -0.805. The number of benzene rings is 1. The minimum Gasteiger partial charge on any atom is -0.464 e. The van der Waals surface area contributed by atoms with Crippen molar-refractivity contribution in [2.75, 3.05) is 6.61 Å². The average Bonchev–Trinajstić information content (AvgIpc) is 2.58. The van der Waals surface area contributed by atoms with E-state index in [2.05, 4.69) is 4.18 Å². The highest BCUT2D eigenvalue weighted by atomic mass is 32.2. The summed E-state index contributed by atoms with van der Waals surface area (Å²) in [7, 11) is -5.84. The van der Waals surface area contributed by atoms with Gasteiger partial charge >= 0.3 is 27.7 Å². The normalized spacial score (nSPS) is 17.2. The van der Waals surface area contributed by atoms with Gasteiger partial charge in [0.25, 0.3) is 0 Å². The Morgan fingerprint density at radius 3 is 2.33 bits per heavy atom. The largest absolute Gasteiger partial charge is 0.534 e. The van der Waals surface area contributed by atoms with E-state index in [1.165, 1.54) is 6.07 Å². The first-order chi connectivity index (χ1) is 13.6. The number of hydrogen-bond donors (Lipinski definition) is 0. The molecule has 0 unspecified atom stereocenters. The molecule has 1 atom stereocenters. The predicted molar refractivity (Wildman–Crippen MR) is 97.9 cm³/mol. The molecule has 0 saturated carbocycles. The van der Waals surface area contributed by atoms with Crippen LogP contribution in [0.5, 0.6) is 5.75 Å². The summed E-state index contributed by atoms with van der Waals surface area (Å²) in [6.45, 7) is 6.39. The van der Waals surface area contributed by atoms with Crippen LogP contribution in [0.25, 0.3) is 0 Å². The van der Waals surface area contributed by atoms with E-state index >= 15 is 0 Å². The first-order valence-corrected chi connectivity index (χ1v) is 10.3. The summed E-state index contributed by atoms with van der Waals surface area (Å²) in [6, 6.07) is 2.47. The number of hydrogen-bond acceptors (Lipinski definition) is 7. The first kappa shape index (κ1) is 23.8. The lowest BCUT2D eigenvalue weighted by atomic mass is 9.94. The molecule has 0 bridgehead atoms. The first-order valence-electron chi connectivity index (χ1n) is 8.93. The number of halogens is 3. The molecule has 0 fully saturated rings. The number of nitrogens with zero attached hydrogens (tertiary/aromatic N) is 1. The molecule has 2 rings (SSSR count). The van der Waals surface area contributed by atoms with Gasteiger partial charge in [-0.3, -0.25) is 4.90 Å². The summed E-state index contributed by atoms with van der Waals surface area (Å²) in [5.74, 6) is -1.22. The molecule has 0 radical (unpaired) electrons. The van der Waals surface area contributed by atoms with E-state index in [9.17, 15) is 31.2 Å². The number of fused-ring (bicyclic) bond motifs is 1. The van der Waals surface area contributed by atoms with E-state index in [1.807, 2.05) is 0 Å². The Bertz CT molecular complexity index is 923. The third kappa shape index (κ3) is 5.55. The highest BCUT2D eigenvalue weighted by molar-refractivity contribution is 7.88. The molecule has 0 spiro atoms. The van der Waals surface area contributed by atoms with E-state index in [-0.39, 0.29) is 19.6 Å². The number of ether oxygens (including phenoxy) is 2. The molecule has 1 amide bonds. The smallest absolute Gasteiger partial charge is 0.464 e. The Labute approximate surface area is 172 Å². The van der Waals surface area contributed by atoms with Crippen molar-refractivity contribution < 1.29 is 44.8 Å². The van der Waals surface area contributed by atoms with Crippen molar-refractivity contribution >= 4 is 22.2 Å². The summed E-state index contributed by atoms with van der Waals surface area (Å²) in [5.41, 5.74) is -5.59. The molecular formula is C18H22F3NO7S. The minimum absolute atomic E-state index is 0.0136.